The molecule has 0 unspecified atom stereocenters. The molecule has 0 aliphatic carbocycles. The van der Waals surface area contributed by atoms with Crippen LogP contribution in [0.1, 0.15) is 0 Å². The molecule has 1 N–H and O–H groups in total. The van der Waals surface area contributed by atoms with E-state index in [2.05, 4.69) is 5.32 Å². The van der Waals surface area contributed by atoms with E-state index in [0.29, 0.717) is 20.8 Å². The predicted molar refractivity (Wildman–Crippen MR) is 80.9 cm³/mol. The van der Waals surface area contributed by atoms with Crippen LogP contribution in [0.3, 0.4) is 0 Å². The highest BCUT2D eigenvalue weighted by Gasteiger charge is 2.48. The molecule has 2 aliphatic rings. The molecule has 0 saturated carbocycles. The molecular weight excluding hydrogens is 327 g/mol. The number of nitrogens with one attached hydrogen (secondary N) is 1. The molecule has 2 atom stereocenters. The van der Waals surface area contributed by atoms with Crippen molar-refractivity contribution in [2.24, 2.45) is 0 Å². The van der Waals surface area contributed by atoms with E-state index in [0.717, 1.165) is 0 Å². The molecule has 0 amide bonds. The van der Waals surface area contributed by atoms with Crippen LogP contribution in [0, 0.1) is 0 Å². The first-order valence-corrected chi connectivity index (χ1v) is 8.62. The lowest BCUT2D eigenvalue weighted by Crippen LogP contribution is -2.37. The van der Waals surface area contributed by atoms with E-state index in [1.807, 2.05) is 0 Å². The largest absolute Gasteiger partial charge is 0.356 e. The van der Waals surface area contributed by atoms with Gasteiger partial charge in [-0.3, -0.25) is 0 Å². The van der Waals surface area contributed by atoms with Crippen LogP contribution in [-0.4, -0.2) is 37.1 Å². The number of rotatable bonds is 1. The van der Waals surface area contributed by atoms with Gasteiger partial charge in [-0.1, -0.05) is 29.3 Å². The van der Waals surface area contributed by atoms with Crippen LogP contribution >= 0.6 is 35.4 Å². The lowest BCUT2D eigenvalue weighted by atomic mass is 10.1. The van der Waals surface area contributed by atoms with Crippen LogP contribution in [0.25, 0.3) is 0 Å². The number of nitrogens with zero attached hydrogens (tertiary/aromatic N) is 1. The Morgan fingerprint density at radius 2 is 1.89 bits per heavy atom. The van der Waals surface area contributed by atoms with Crippen molar-refractivity contribution in [3.8, 4) is 0 Å². The standard InChI is InChI=1S/C11H10Cl2N2O2S2/c12-6-2-1-3-7(13)10(6)15-9-5-19(16,17)4-8(9)14-11(15)18/h1-3,8-9H,4-5H2,(H,14,18)/t8-,9-/m0/s1. The molecule has 1 aromatic carbocycles. The summed E-state index contributed by atoms with van der Waals surface area (Å²) in [5.41, 5.74) is 0.577. The lowest BCUT2D eigenvalue weighted by molar-refractivity contribution is 0.600. The third kappa shape index (κ3) is 2.20. The average molecular weight is 337 g/mol. The first-order chi connectivity index (χ1) is 8.89. The molecule has 8 heteroatoms. The fourth-order valence-electron chi connectivity index (χ4n) is 2.59. The van der Waals surface area contributed by atoms with Gasteiger partial charge in [-0.05, 0) is 24.4 Å². The third-order valence-electron chi connectivity index (χ3n) is 3.36. The van der Waals surface area contributed by atoms with Crippen LogP contribution in [0.2, 0.25) is 10.0 Å². The first kappa shape index (κ1) is 13.4. The fraction of sp³-hybridized carbons (Fsp3) is 0.364. The topological polar surface area (TPSA) is 49.4 Å². The Labute approximate surface area is 126 Å². The van der Waals surface area contributed by atoms with Gasteiger partial charge in [-0.2, -0.15) is 0 Å². The number of fused-ring (bicyclic) bond motifs is 1. The summed E-state index contributed by atoms with van der Waals surface area (Å²) >= 11 is 17.6. The number of hydrogen-bond donors (Lipinski definition) is 1. The predicted octanol–water partition coefficient (Wildman–Crippen LogP) is 1.85. The van der Waals surface area contributed by atoms with E-state index in [9.17, 15) is 8.42 Å². The van der Waals surface area contributed by atoms with Gasteiger partial charge < -0.3 is 10.2 Å². The van der Waals surface area contributed by atoms with Gasteiger partial charge in [-0.15, -0.1) is 0 Å². The third-order valence-corrected chi connectivity index (χ3v) is 6.00. The molecule has 2 heterocycles. The first-order valence-electron chi connectivity index (χ1n) is 5.63. The number of benzene rings is 1. The van der Waals surface area contributed by atoms with Crippen LogP contribution < -0.4 is 10.2 Å². The Kier molecular flexibility index (Phi) is 3.16. The van der Waals surface area contributed by atoms with E-state index in [1.54, 1.807) is 23.1 Å². The molecule has 2 saturated heterocycles. The molecule has 102 valence electrons. The van der Waals surface area contributed by atoms with Crippen molar-refractivity contribution in [2.75, 3.05) is 16.4 Å². The zero-order valence-electron chi connectivity index (χ0n) is 9.64. The Hall–Kier alpha value is -0.560. The quantitative estimate of drug-likeness (QED) is 0.793. The van der Waals surface area contributed by atoms with Gasteiger partial charge in [0.05, 0.1) is 39.3 Å². The minimum atomic E-state index is -3.05. The second-order valence-corrected chi connectivity index (χ2v) is 8.00. The summed E-state index contributed by atoms with van der Waals surface area (Å²) in [6, 6.07) is 4.73. The van der Waals surface area contributed by atoms with Gasteiger partial charge in [0.15, 0.2) is 14.9 Å². The van der Waals surface area contributed by atoms with Crippen molar-refractivity contribution in [1.29, 1.82) is 0 Å². The molecule has 4 nitrogen and oxygen atoms in total. The molecular formula is C11H10Cl2N2O2S2. The lowest BCUT2D eigenvalue weighted by Gasteiger charge is -2.25. The molecule has 0 spiro atoms. The van der Waals surface area contributed by atoms with Crippen LogP contribution in [-0.2, 0) is 9.84 Å². The summed E-state index contributed by atoms with van der Waals surface area (Å²) in [4.78, 5) is 1.73. The highest BCUT2D eigenvalue weighted by atomic mass is 35.5. The van der Waals surface area contributed by atoms with E-state index in [1.165, 1.54) is 0 Å². The summed E-state index contributed by atoms with van der Waals surface area (Å²) < 4.78 is 23.4. The fourth-order valence-corrected chi connectivity index (χ4v) is 5.43. The molecule has 2 fully saturated rings. The van der Waals surface area contributed by atoms with Crippen molar-refractivity contribution in [3.63, 3.8) is 0 Å². The number of sulfone groups is 1. The Bertz CT molecular complexity index is 642. The smallest absolute Gasteiger partial charge is 0.174 e. The van der Waals surface area contributed by atoms with Gasteiger partial charge in [0.1, 0.15) is 0 Å². The van der Waals surface area contributed by atoms with Gasteiger partial charge in [0, 0.05) is 0 Å². The summed E-state index contributed by atoms with van der Waals surface area (Å²) in [6.45, 7) is 0. The van der Waals surface area contributed by atoms with Gasteiger partial charge in [0.25, 0.3) is 0 Å². The number of anilines is 1. The van der Waals surface area contributed by atoms with E-state index in [-0.39, 0.29) is 23.6 Å². The van der Waals surface area contributed by atoms with Crippen molar-refractivity contribution in [1.82, 2.24) is 5.32 Å². The monoisotopic (exact) mass is 336 g/mol. The van der Waals surface area contributed by atoms with Gasteiger partial charge in [0.2, 0.25) is 0 Å². The molecule has 0 bridgehead atoms. The van der Waals surface area contributed by atoms with E-state index < -0.39 is 9.84 Å². The summed E-state index contributed by atoms with van der Waals surface area (Å²) in [5.74, 6) is 0.155. The maximum atomic E-state index is 11.7. The second kappa shape index (κ2) is 4.48. The van der Waals surface area contributed by atoms with Crippen molar-refractivity contribution < 1.29 is 8.42 Å². The molecule has 0 radical (unpaired) electrons. The minimum Gasteiger partial charge on any atom is -0.356 e. The highest BCUT2D eigenvalue weighted by Crippen LogP contribution is 2.38. The second-order valence-electron chi connectivity index (χ2n) is 4.64. The van der Waals surface area contributed by atoms with Gasteiger partial charge >= 0.3 is 0 Å². The molecule has 19 heavy (non-hydrogen) atoms. The normalized spacial score (nSPS) is 28.3. The van der Waals surface area contributed by atoms with Gasteiger partial charge in [-0.25, -0.2) is 8.42 Å². The van der Waals surface area contributed by atoms with E-state index in [4.69, 9.17) is 35.4 Å². The molecule has 0 aromatic heterocycles. The van der Waals surface area contributed by atoms with Crippen LogP contribution in [0.15, 0.2) is 18.2 Å². The minimum absolute atomic E-state index is 0.0619. The Morgan fingerprint density at radius 1 is 1.26 bits per heavy atom. The van der Waals surface area contributed by atoms with Crippen LogP contribution in [0.5, 0.6) is 0 Å². The van der Waals surface area contributed by atoms with Crippen molar-refractivity contribution in [2.45, 2.75) is 12.1 Å². The SMILES string of the molecule is O=S1(=O)C[C@@H]2NC(=S)N(c3c(Cl)cccc3Cl)[C@H]2C1. The molecule has 3 rings (SSSR count). The Balaban J connectivity index is 2.07. The van der Waals surface area contributed by atoms with Crippen LogP contribution in [0.4, 0.5) is 5.69 Å². The maximum absolute atomic E-state index is 11.7. The number of halogens is 2. The number of para-hydroxylation sites is 1. The van der Waals surface area contributed by atoms with E-state index >= 15 is 0 Å². The highest BCUT2D eigenvalue weighted by molar-refractivity contribution is 7.91. The summed E-state index contributed by atoms with van der Waals surface area (Å²) in [6.07, 6.45) is 0. The summed E-state index contributed by atoms with van der Waals surface area (Å²) in [7, 11) is -3.05. The molecule has 1 aromatic rings. The van der Waals surface area contributed by atoms with Crippen molar-refractivity contribution in [3.05, 3.63) is 28.2 Å². The Morgan fingerprint density at radius 3 is 2.53 bits per heavy atom. The summed E-state index contributed by atoms with van der Waals surface area (Å²) in [5, 5.41) is 4.43. The zero-order chi connectivity index (χ0) is 13.8. The number of thiocarbonyl (C=S) groups is 1. The number of hydrogen-bond acceptors (Lipinski definition) is 3. The maximum Gasteiger partial charge on any atom is 0.174 e. The van der Waals surface area contributed by atoms with Crippen molar-refractivity contribution >= 4 is 56.1 Å². The average Bonchev–Trinajstić information content (AvgIpc) is 2.71. The molecule has 2 aliphatic heterocycles. The zero-order valence-corrected chi connectivity index (χ0v) is 12.8.